The lowest BCUT2D eigenvalue weighted by molar-refractivity contribution is -0.112. The van der Waals surface area contributed by atoms with Crippen molar-refractivity contribution in [1.82, 2.24) is 4.40 Å². The number of hydrogen-bond acceptors (Lipinski definition) is 7. The summed E-state index contributed by atoms with van der Waals surface area (Å²) in [5.41, 5.74) is 1.95. The van der Waals surface area contributed by atoms with E-state index < -0.39 is 17.7 Å². The van der Waals surface area contributed by atoms with Gasteiger partial charge >= 0.3 is 5.97 Å². The van der Waals surface area contributed by atoms with Crippen molar-refractivity contribution in [3.8, 4) is 28.4 Å². The summed E-state index contributed by atoms with van der Waals surface area (Å²) in [6, 6.07) is 15.0. The first-order valence-corrected chi connectivity index (χ1v) is 11.3. The van der Waals surface area contributed by atoms with Crippen LogP contribution < -0.4 is 19.5 Å². The number of ether oxygens (including phenoxy) is 4. The van der Waals surface area contributed by atoms with Crippen LogP contribution in [0, 0.1) is 0 Å². The minimum absolute atomic E-state index is 0.0107. The van der Waals surface area contributed by atoms with Gasteiger partial charge in [-0.3, -0.25) is 9.59 Å². The maximum atomic E-state index is 13.6. The first kappa shape index (κ1) is 25.6. The molecule has 0 saturated heterocycles. The average Bonchev–Trinajstić information content (AvgIpc) is 3.31. The summed E-state index contributed by atoms with van der Waals surface area (Å²) >= 11 is 6.33. The number of Topliss-reactive ketones (excluding diaryl/α,β-unsaturated/α-hetero) is 1. The van der Waals surface area contributed by atoms with Crippen molar-refractivity contribution in [3.05, 3.63) is 77.1 Å². The van der Waals surface area contributed by atoms with Gasteiger partial charge in [0.2, 0.25) is 0 Å². The van der Waals surface area contributed by atoms with Crippen LogP contribution in [0.15, 0.2) is 60.8 Å². The van der Waals surface area contributed by atoms with Gasteiger partial charge in [-0.2, -0.15) is 0 Å². The van der Waals surface area contributed by atoms with Crippen LogP contribution in [0.1, 0.15) is 20.8 Å². The summed E-state index contributed by atoms with van der Waals surface area (Å²) in [5.74, 6) is -1.56. The van der Waals surface area contributed by atoms with Gasteiger partial charge in [-0.25, -0.2) is 4.79 Å². The number of methoxy groups -OCH3 is 4. The Morgan fingerprint density at radius 2 is 1.54 bits per heavy atom. The molecule has 0 unspecified atom stereocenters. The molecule has 2 aromatic carbocycles. The molecule has 1 amide bonds. The predicted octanol–water partition coefficient (Wildman–Crippen LogP) is 4.89. The molecule has 4 rings (SSSR count). The molecule has 190 valence electrons. The summed E-state index contributed by atoms with van der Waals surface area (Å²) in [6.07, 6.45) is 1.68. The van der Waals surface area contributed by atoms with Crippen molar-refractivity contribution in [1.29, 1.82) is 0 Å². The molecular formula is C27H23ClN2O7. The lowest BCUT2D eigenvalue weighted by atomic mass is 10.0. The van der Waals surface area contributed by atoms with Gasteiger partial charge in [-0.05, 0) is 35.9 Å². The highest BCUT2D eigenvalue weighted by atomic mass is 35.5. The predicted molar refractivity (Wildman–Crippen MR) is 138 cm³/mol. The number of nitrogens with one attached hydrogen (secondary N) is 1. The normalized spacial score (nSPS) is 10.6. The van der Waals surface area contributed by atoms with E-state index in [-0.39, 0.29) is 28.4 Å². The van der Waals surface area contributed by atoms with Gasteiger partial charge in [0, 0.05) is 29.4 Å². The molecule has 0 atom stereocenters. The van der Waals surface area contributed by atoms with E-state index in [1.165, 1.54) is 40.6 Å². The summed E-state index contributed by atoms with van der Waals surface area (Å²) in [7, 11) is 5.52. The number of anilines is 1. The topological polar surface area (TPSA) is 105 Å². The molecule has 0 aliphatic carbocycles. The van der Waals surface area contributed by atoms with Gasteiger partial charge in [0.05, 0.1) is 44.7 Å². The minimum Gasteiger partial charge on any atom is -0.495 e. The van der Waals surface area contributed by atoms with Crippen LogP contribution in [0.5, 0.6) is 17.2 Å². The van der Waals surface area contributed by atoms with Crippen LogP contribution in [0.4, 0.5) is 5.69 Å². The molecule has 0 bridgehead atoms. The number of ketones is 1. The Morgan fingerprint density at radius 1 is 0.838 bits per heavy atom. The second-order valence-corrected chi connectivity index (χ2v) is 8.19. The second-order valence-electron chi connectivity index (χ2n) is 7.78. The third kappa shape index (κ3) is 4.81. The summed E-state index contributed by atoms with van der Waals surface area (Å²) < 4.78 is 22.2. The van der Waals surface area contributed by atoms with Crippen LogP contribution in [0.2, 0.25) is 5.02 Å². The molecule has 0 radical (unpaired) electrons. The van der Waals surface area contributed by atoms with Crippen LogP contribution >= 0.6 is 11.6 Å². The average molecular weight is 523 g/mol. The minimum atomic E-state index is -0.970. The van der Waals surface area contributed by atoms with Gasteiger partial charge in [-0.1, -0.05) is 23.7 Å². The molecule has 9 nitrogen and oxygen atoms in total. The standard InChI is InChI=1S/C27H23ClN2O7/c1-34-21-9-8-15(11-19(21)28)17-12-16-7-5-6-10-30(16)24(17)25(31)26(32)29-20-14-23(36-3)22(35-2)13-18(20)27(33)37-4/h5-14H,1-4H3,(H,29,32). The molecule has 37 heavy (non-hydrogen) atoms. The molecular weight excluding hydrogens is 500 g/mol. The molecule has 0 saturated carbocycles. The van der Waals surface area contributed by atoms with E-state index in [1.54, 1.807) is 40.9 Å². The molecule has 0 aliphatic rings. The maximum absolute atomic E-state index is 13.6. The van der Waals surface area contributed by atoms with Crippen molar-refractivity contribution in [2.45, 2.75) is 0 Å². The van der Waals surface area contributed by atoms with E-state index in [2.05, 4.69) is 5.32 Å². The number of carbonyl (C=O) groups is 3. The number of amides is 1. The smallest absolute Gasteiger partial charge is 0.340 e. The quantitative estimate of drug-likeness (QED) is 0.199. The fourth-order valence-corrected chi connectivity index (χ4v) is 4.21. The Kier molecular flexibility index (Phi) is 7.35. The number of esters is 1. The first-order chi connectivity index (χ1) is 17.8. The van der Waals surface area contributed by atoms with Crippen molar-refractivity contribution >= 4 is 40.5 Å². The van der Waals surface area contributed by atoms with Crippen molar-refractivity contribution in [3.63, 3.8) is 0 Å². The lowest BCUT2D eigenvalue weighted by Crippen LogP contribution is -2.26. The third-order valence-corrected chi connectivity index (χ3v) is 6.04. The molecule has 0 spiro atoms. The van der Waals surface area contributed by atoms with Gasteiger partial charge < -0.3 is 28.7 Å². The van der Waals surface area contributed by atoms with Gasteiger partial charge in [0.1, 0.15) is 11.4 Å². The van der Waals surface area contributed by atoms with Crippen LogP contribution in [0.25, 0.3) is 16.6 Å². The lowest BCUT2D eigenvalue weighted by Gasteiger charge is -2.14. The molecule has 0 aliphatic heterocycles. The largest absolute Gasteiger partial charge is 0.495 e. The van der Waals surface area contributed by atoms with E-state index in [0.29, 0.717) is 27.4 Å². The SMILES string of the molecule is COC(=O)c1cc(OC)c(OC)cc1NC(=O)C(=O)c1c(-c2ccc(OC)c(Cl)c2)cc2ccccn12. The number of rotatable bonds is 8. The number of aromatic nitrogens is 1. The molecule has 2 heterocycles. The van der Waals surface area contributed by atoms with E-state index in [1.807, 2.05) is 12.1 Å². The Balaban J connectivity index is 1.79. The highest BCUT2D eigenvalue weighted by Gasteiger charge is 2.27. The molecule has 4 aromatic rings. The van der Waals surface area contributed by atoms with Gasteiger partial charge in [0.25, 0.3) is 11.7 Å². The molecule has 0 fully saturated rings. The molecule has 1 N–H and O–H groups in total. The van der Waals surface area contributed by atoms with Crippen molar-refractivity contribution < 1.29 is 33.3 Å². The number of carbonyl (C=O) groups excluding carboxylic acids is 3. The number of pyridine rings is 1. The Morgan fingerprint density at radius 3 is 2.19 bits per heavy atom. The van der Waals surface area contributed by atoms with Crippen LogP contribution in [-0.4, -0.2) is 50.5 Å². The number of fused-ring (bicyclic) bond motifs is 1. The summed E-state index contributed by atoms with van der Waals surface area (Å²) in [6.45, 7) is 0. The van der Waals surface area contributed by atoms with Crippen molar-refractivity contribution in [2.75, 3.05) is 33.8 Å². The molecule has 10 heteroatoms. The summed E-state index contributed by atoms with van der Waals surface area (Å²) in [5, 5.41) is 2.88. The molecule has 2 aromatic heterocycles. The van der Waals surface area contributed by atoms with Crippen LogP contribution in [0.3, 0.4) is 0 Å². The highest BCUT2D eigenvalue weighted by molar-refractivity contribution is 6.47. The van der Waals surface area contributed by atoms with E-state index in [9.17, 15) is 14.4 Å². The Bertz CT molecular complexity index is 1530. The number of hydrogen-bond donors (Lipinski definition) is 1. The van der Waals surface area contributed by atoms with Crippen molar-refractivity contribution in [2.24, 2.45) is 0 Å². The zero-order valence-corrected chi connectivity index (χ0v) is 21.2. The van der Waals surface area contributed by atoms with Gasteiger partial charge in [-0.15, -0.1) is 0 Å². The Hall–Kier alpha value is -4.50. The fourth-order valence-electron chi connectivity index (χ4n) is 3.96. The number of halogens is 1. The zero-order chi connectivity index (χ0) is 26.7. The number of benzene rings is 2. The van der Waals surface area contributed by atoms with Crippen LogP contribution in [-0.2, 0) is 9.53 Å². The number of nitrogens with zero attached hydrogens (tertiary/aromatic N) is 1. The fraction of sp³-hybridized carbons (Fsp3) is 0.148. The van der Waals surface area contributed by atoms with E-state index in [4.69, 9.17) is 30.5 Å². The zero-order valence-electron chi connectivity index (χ0n) is 20.5. The third-order valence-electron chi connectivity index (χ3n) is 5.74. The Labute approximate surface area is 217 Å². The van der Waals surface area contributed by atoms with E-state index >= 15 is 0 Å². The highest BCUT2D eigenvalue weighted by Crippen LogP contribution is 2.36. The maximum Gasteiger partial charge on any atom is 0.340 e. The van der Waals surface area contributed by atoms with E-state index in [0.717, 1.165) is 0 Å². The second kappa shape index (κ2) is 10.6. The monoisotopic (exact) mass is 522 g/mol. The van der Waals surface area contributed by atoms with Gasteiger partial charge in [0.15, 0.2) is 11.5 Å². The first-order valence-electron chi connectivity index (χ1n) is 11.0. The summed E-state index contributed by atoms with van der Waals surface area (Å²) in [4.78, 5) is 39.3.